The number of rotatable bonds is 4. The SMILES string of the molecule is CN(c1ccncn1)C1CCN(Cc2nnc3n2CCCC3)CC1. The van der Waals surface area contributed by atoms with Gasteiger partial charge in [-0.15, -0.1) is 10.2 Å². The zero-order valence-corrected chi connectivity index (χ0v) is 14.3. The molecule has 4 heterocycles. The highest BCUT2D eigenvalue weighted by Crippen LogP contribution is 2.22. The molecule has 0 aliphatic carbocycles. The van der Waals surface area contributed by atoms with E-state index in [0.29, 0.717) is 6.04 Å². The minimum absolute atomic E-state index is 0.545. The number of aryl methyl sites for hydroxylation is 1. The first kappa shape index (κ1) is 15.5. The van der Waals surface area contributed by atoms with E-state index in [1.54, 1.807) is 6.33 Å². The number of piperidine rings is 1. The summed E-state index contributed by atoms with van der Waals surface area (Å²) in [7, 11) is 2.14. The second kappa shape index (κ2) is 6.84. The highest BCUT2D eigenvalue weighted by atomic mass is 15.3. The van der Waals surface area contributed by atoms with E-state index in [0.717, 1.165) is 57.1 Å². The topological polar surface area (TPSA) is 63.0 Å². The summed E-state index contributed by atoms with van der Waals surface area (Å²) in [6, 6.07) is 2.53. The largest absolute Gasteiger partial charge is 0.356 e. The van der Waals surface area contributed by atoms with Crippen molar-refractivity contribution >= 4 is 5.82 Å². The van der Waals surface area contributed by atoms with Crippen LogP contribution in [0.4, 0.5) is 5.82 Å². The molecule has 4 rings (SSSR count). The molecule has 2 aliphatic rings. The smallest absolute Gasteiger partial charge is 0.147 e. The van der Waals surface area contributed by atoms with Crippen molar-refractivity contribution in [1.82, 2.24) is 29.6 Å². The van der Waals surface area contributed by atoms with Crippen LogP contribution >= 0.6 is 0 Å². The molecule has 0 saturated carbocycles. The van der Waals surface area contributed by atoms with Crippen molar-refractivity contribution in [2.45, 2.75) is 51.2 Å². The summed E-state index contributed by atoms with van der Waals surface area (Å²) in [5, 5.41) is 8.81. The minimum atomic E-state index is 0.545. The Morgan fingerprint density at radius 2 is 2.04 bits per heavy atom. The Kier molecular flexibility index (Phi) is 4.42. The van der Waals surface area contributed by atoms with Crippen LogP contribution in [0.5, 0.6) is 0 Å². The van der Waals surface area contributed by atoms with Gasteiger partial charge < -0.3 is 9.47 Å². The van der Waals surface area contributed by atoms with E-state index in [4.69, 9.17) is 0 Å². The van der Waals surface area contributed by atoms with Gasteiger partial charge in [-0.25, -0.2) is 9.97 Å². The van der Waals surface area contributed by atoms with Crippen LogP contribution in [0.2, 0.25) is 0 Å². The Hall–Kier alpha value is -2.02. The molecule has 0 radical (unpaired) electrons. The predicted octanol–water partition coefficient (Wildman–Crippen LogP) is 1.51. The summed E-state index contributed by atoms with van der Waals surface area (Å²) in [5.74, 6) is 3.33. The molecule has 7 heteroatoms. The van der Waals surface area contributed by atoms with Crippen molar-refractivity contribution in [3.63, 3.8) is 0 Å². The maximum atomic E-state index is 4.44. The quantitative estimate of drug-likeness (QED) is 0.848. The Labute approximate surface area is 142 Å². The molecule has 0 atom stereocenters. The number of aromatic nitrogens is 5. The molecule has 0 aromatic carbocycles. The first-order valence-electron chi connectivity index (χ1n) is 8.93. The van der Waals surface area contributed by atoms with Crippen LogP contribution in [0.15, 0.2) is 18.6 Å². The van der Waals surface area contributed by atoms with Crippen molar-refractivity contribution in [2.24, 2.45) is 0 Å². The zero-order valence-electron chi connectivity index (χ0n) is 14.3. The van der Waals surface area contributed by atoms with Gasteiger partial charge in [-0.2, -0.15) is 0 Å². The van der Waals surface area contributed by atoms with Crippen LogP contribution in [-0.4, -0.2) is 55.8 Å². The van der Waals surface area contributed by atoms with Gasteiger partial charge in [0.25, 0.3) is 0 Å². The van der Waals surface area contributed by atoms with E-state index >= 15 is 0 Å². The summed E-state index contributed by atoms with van der Waals surface area (Å²) < 4.78 is 2.34. The molecule has 0 N–H and O–H groups in total. The van der Waals surface area contributed by atoms with Crippen molar-refractivity contribution in [3.8, 4) is 0 Å². The standard InChI is InChI=1S/C17H25N7/c1-22(15-5-8-18-13-19-15)14-6-10-23(11-7-14)12-17-21-20-16-4-2-3-9-24(16)17/h5,8,13-14H,2-4,6-7,9-12H2,1H3. The lowest BCUT2D eigenvalue weighted by Gasteiger charge is -2.37. The molecule has 24 heavy (non-hydrogen) atoms. The Balaban J connectivity index is 1.34. The zero-order chi connectivity index (χ0) is 16.4. The minimum Gasteiger partial charge on any atom is -0.356 e. The van der Waals surface area contributed by atoms with Gasteiger partial charge >= 0.3 is 0 Å². The normalized spacial score (nSPS) is 19.2. The van der Waals surface area contributed by atoms with E-state index in [1.807, 2.05) is 12.3 Å². The molecular formula is C17H25N7. The lowest BCUT2D eigenvalue weighted by molar-refractivity contribution is 0.195. The second-order valence-electron chi connectivity index (χ2n) is 6.83. The number of fused-ring (bicyclic) bond motifs is 1. The van der Waals surface area contributed by atoms with Gasteiger partial charge in [0.2, 0.25) is 0 Å². The van der Waals surface area contributed by atoms with E-state index in [2.05, 4.69) is 41.6 Å². The van der Waals surface area contributed by atoms with Gasteiger partial charge in [-0.05, 0) is 31.7 Å². The number of hydrogen-bond acceptors (Lipinski definition) is 6. The van der Waals surface area contributed by atoms with Crippen molar-refractivity contribution in [3.05, 3.63) is 30.2 Å². The summed E-state index contributed by atoms with van der Waals surface area (Å²) in [4.78, 5) is 13.2. The lowest BCUT2D eigenvalue weighted by atomic mass is 10.0. The van der Waals surface area contributed by atoms with Crippen LogP contribution in [0, 0.1) is 0 Å². The molecule has 2 aromatic heterocycles. The molecule has 2 aromatic rings. The van der Waals surface area contributed by atoms with Crippen LogP contribution in [0.3, 0.4) is 0 Å². The summed E-state index contributed by atoms with van der Waals surface area (Å²) >= 11 is 0. The van der Waals surface area contributed by atoms with Gasteiger partial charge in [0.1, 0.15) is 23.8 Å². The Morgan fingerprint density at radius 1 is 1.17 bits per heavy atom. The Bertz CT molecular complexity index is 661. The maximum absolute atomic E-state index is 4.44. The van der Waals surface area contributed by atoms with Crippen LogP contribution in [0.25, 0.3) is 0 Å². The monoisotopic (exact) mass is 327 g/mol. The molecule has 0 spiro atoms. The molecule has 0 unspecified atom stereocenters. The summed E-state index contributed by atoms with van der Waals surface area (Å²) in [6.45, 7) is 4.21. The molecular weight excluding hydrogens is 302 g/mol. The first-order valence-corrected chi connectivity index (χ1v) is 8.93. The average Bonchev–Trinajstić information content (AvgIpc) is 3.06. The van der Waals surface area contributed by atoms with Gasteiger partial charge in [-0.1, -0.05) is 0 Å². The van der Waals surface area contributed by atoms with Crippen molar-refractivity contribution in [2.75, 3.05) is 25.0 Å². The van der Waals surface area contributed by atoms with Gasteiger partial charge in [0.15, 0.2) is 0 Å². The fraction of sp³-hybridized carbons (Fsp3) is 0.647. The van der Waals surface area contributed by atoms with Crippen LogP contribution in [0.1, 0.15) is 37.3 Å². The molecule has 0 bridgehead atoms. The molecule has 1 saturated heterocycles. The molecule has 128 valence electrons. The third-order valence-electron chi connectivity index (χ3n) is 5.33. The lowest BCUT2D eigenvalue weighted by Crippen LogP contribution is -2.43. The fourth-order valence-corrected chi connectivity index (χ4v) is 3.83. The first-order chi connectivity index (χ1) is 11.8. The van der Waals surface area contributed by atoms with Crippen LogP contribution in [-0.2, 0) is 19.5 Å². The molecule has 1 fully saturated rings. The van der Waals surface area contributed by atoms with E-state index < -0.39 is 0 Å². The number of anilines is 1. The molecule has 7 nitrogen and oxygen atoms in total. The second-order valence-corrected chi connectivity index (χ2v) is 6.83. The summed E-state index contributed by atoms with van der Waals surface area (Å²) in [5.41, 5.74) is 0. The maximum Gasteiger partial charge on any atom is 0.147 e. The van der Waals surface area contributed by atoms with E-state index in [9.17, 15) is 0 Å². The number of likely N-dealkylation sites (tertiary alicyclic amines) is 1. The van der Waals surface area contributed by atoms with E-state index in [-0.39, 0.29) is 0 Å². The number of nitrogens with zero attached hydrogens (tertiary/aromatic N) is 7. The predicted molar refractivity (Wildman–Crippen MR) is 91.7 cm³/mol. The molecule has 2 aliphatic heterocycles. The van der Waals surface area contributed by atoms with Crippen molar-refractivity contribution in [1.29, 1.82) is 0 Å². The number of hydrogen-bond donors (Lipinski definition) is 0. The highest BCUT2D eigenvalue weighted by Gasteiger charge is 2.25. The fourth-order valence-electron chi connectivity index (χ4n) is 3.83. The van der Waals surface area contributed by atoms with Crippen molar-refractivity contribution < 1.29 is 0 Å². The highest BCUT2D eigenvalue weighted by molar-refractivity contribution is 5.36. The Morgan fingerprint density at radius 3 is 2.83 bits per heavy atom. The van der Waals surface area contributed by atoms with Gasteiger partial charge in [0, 0.05) is 45.3 Å². The van der Waals surface area contributed by atoms with Crippen LogP contribution < -0.4 is 4.90 Å². The van der Waals surface area contributed by atoms with Gasteiger partial charge in [0.05, 0.1) is 6.54 Å². The van der Waals surface area contributed by atoms with E-state index in [1.165, 1.54) is 18.7 Å². The third-order valence-corrected chi connectivity index (χ3v) is 5.33. The summed E-state index contributed by atoms with van der Waals surface area (Å²) in [6.07, 6.45) is 9.32. The molecule has 0 amide bonds. The van der Waals surface area contributed by atoms with Gasteiger partial charge in [-0.3, -0.25) is 4.90 Å². The average molecular weight is 327 g/mol. The third kappa shape index (κ3) is 3.13.